The molecule has 15 nitrogen and oxygen atoms in total. The maximum absolute atomic E-state index is 12.7. The van der Waals surface area contributed by atoms with Crippen molar-refractivity contribution in [3.63, 3.8) is 0 Å². The number of nitrogens with two attached hydrogens (primary N) is 2. The Balaban J connectivity index is 5.55. The lowest BCUT2D eigenvalue weighted by atomic mass is 10.1. The Labute approximate surface area is 204 Å². The number of hydrogen-bond acceptors (Lipinski definition) is 9. The second-order valence-electron chi connectivity index (χ2n) is 7.44. The zero-order valence-electron chi connectivity index (χ0n) is 19.0. The van der Waals surface area contributed by atoms with Crippen LogP contribution in [0.5, 0.6) is 0 Å². The molecule has 0 aromatic rings. The molecule has 4 atom stereocenters. The van der Waals surface area contributed by atoms with Crippen molar-refractivity contribution in [2.24, 2.45) is 11.5 Å². The number of amides is 4. The first kappa shape index (κ1) is 31.6. The molecule has 0 saturated heterocycles. The van der Waals surface area contributed by atoms with Gasteiger partial charge in [-0.15, -0.1) is 0 Å². The van der Waals surface area contributed by atoms with E-state index in [4.69, 9.17) is 21.7 Å². The minimum atomic E-state index is -1.77. The molecular weight excluding hydrogens is 490 g/mol. The summed E-state index contributed by atoms with van der Waals surface area (Å²) in [4.78, 5) is 82.0. The zero-order valence-corrected chi connectivity index (χ0v) is 19.8. The molecule has 0 heterocycles. The van der Waals surface area contributed by atoms with Gasteiger partial charge < -0.3 is 42.7 Å². The Bertz CT molecular complexity index is 809. The topological polar surface area (TPSA) is 268 Å². The van der Waals surface area contributed by atoms with Crippen molar-refractivity contribution < 1.29 is 48.9 Å². The fraction of sp³-hybridized carbons (Fsp3) is 0.632. The number of primary amides is 1. The summed E-state index contributed by atoms with van der Waals surface area (Å²) in [5.41, 5.74) is 10.7. The highest BCUT2D eigenvalue weighted by molar-refractivity contribution is 7.98. The molecular formula is C19H31N5O10S. The highest BCUT2D eigenvalue weighted by Gasteiger charge is 2.32. The average molecular weight is 522 g/mol. The number of hydrogen-bond donors (Lipinski definition) is 8. The lowest BCUT2D eigenvalue weighted by molar-refractivity contribution is -0.143. The third-order valence-electron chi connectivity index (χ3n) is 4.56. The first-order valence-electron chi connectivity index (χ1n) is 10.4. The van der Waals surface area contributed by atoms with Gasteiger partial charge in [-0.05, 0) is 31.3 Å². The Kier molecular flexibility index (Phi) is 14.7. The van der Waals surface area contributed by atoms with Gasteiger partial charge in [-0.1, -0.05) is 0 Å². The van der Waals surface area contributed by atoms with Crippen LogP contribution in [-0.2, 0) is 33.6 Å². The van der Waals surface area contributed by atoms with E-state index in [2.05, 4.69) is 10.6 Å². The van der Waals surface area contributed by atoms with Crippen LogP contribution >= 0.6 is 11.8 Å². The van der Waals surface area contributed by atoms with Gasteiger partial charge >= 0.3 is 17.9 Å². The lowest BCUT2D eigenvalue weighted by Crippen LogP contribution is -2.57. The van der Waals surface area contributed by atoms with Crippen LogP contribution in [0.25, 0.3) is 0 Å². The van der Waals surface area contributed by atoms with Gasteiger partial charge in [0.05, 0.1) is 12.5 Å². The number of nitrogens with one attached hydrogen (secondary N) is 3. The van der Waals surface area contributed by atoms with Crippen LogP contribution in [0.1, 0.15) is 38.5 Å². The van der Waals surface area contributed by atoms with E-state index in [1.165, 1.54) is 11.8 Å². The van der Waals surface area contributed by atoms with Crippen LogP contribution in [-0.4, -0.2) is 93.0 Å². The van der Waals surface area contributed by atoms with Crippen molar-refractivity contribution in [1.82, 2.24) is 16.0 Å². The van der Waals surface area contributed by atoms with Crippen LogP contribution in [0, 0.1) is 0 Å². The predicted octanol–water partition coefficient (Wildman–Crippen LogP) is -2.79. The maximum atomic E-state index is 12.7. The first-order valence-corrected chi connectivity index (χ1v) is 11.8. The van der Waals surface area contributed by atoms with Crippen LogP contribution in [0.4, 0.5) is 0 Å². The number of carbonyl (C=O) groups is 7. The van der Waals surface area contributed by atoms with Crippen LogP contribution < -0.4 is 27.4 Å². The van der Waals surface area contributed by atoms with Gasteiger partial charge in [0.2, 0.25) is 23.6 Å². The molecule has 4 amide bonds. The van der Waals surface area contributed by atoms with Gasteiger partial charge in [0.1, 0.15) is 18.1 Å². The molecule has 0 aromatic heterocycles. The SMILES string of the molecule is CSCCC(N)C(=O)NC(CCC(=O)O)C(=O)NC(CC(=O)O)C(=O)NC(CCC(N)=O)C(=O)O. The highest BCUT2D eigenvalue weighted by Crippen LogP contribution is 2.05. The lowest BCUT2D eigenvalue weighted by Gasteiger charge is -2.24. The molecule has 0 saturated carbocycles. The molecule has 0 bridgehead atoms. The molecule has 0 aromatic carbocycles. The molecule has 16 heteroatoms. The largest absolute Gasteiger partial charge is 0.481 e. The van der Waals surface area contributed by atoms with Crippen molar-refractivity contribution in [2.75, 3.05) is 12.0 Å². The monoisotopic (exact) mass is 521 g/mol. The summed E-state index contributed by atoms with van der Waals surface area (Å²) in [5, 5.41) is 33.7. The molecule has 0 aliphatic rings. The average Bonchev–Trinajstić information content (AvgIpc) is 2.75. The second-order valence-corrected chi connectivity index (χ2v) is 8.43. The number of rotatable bonds is 18. The molecule has 0 radical (unpaired) electrons. The van der Waals surface area contributed by atoms with Gasteiger partial charge in [-0.3, -0.25) is 28.8 Å². The Morgan fingerprint density at radius 1 is 0.743 bits per heavy atom. The Morgan fingerprint density at radius 2 is 1.26 bits per heavy atom. The minimum Gasteiger partial charge on any atom is -0.481 e. The van der Waals surface area contributed by atoms with E-state index in [0.29, 0.717) is 5.75 Å². The number of thioether (sulfide) groups is 1. The zero-order chi connectivity index (χ0) is 27.1. The third kappa shape index (κ3) is 13.8. The minimum absolute atomic E-state index is 0.270. The van der Waals surface area contributed by atoms with Crippen LogP contribution in [0.3, 0.4) is 0 Å². The van der Waals surface area contributed by atoms with E-state index in [-0.39, 0.29) is 25.7 Å². The molecule has 0 spiro atoms. The number of carboxylic acids is 3. The molecule has 0 aliphatic carbocycles. The number of aliphatic carboxylic acids is 3. The van der Waals surface area contributed by atoms with E-state index >= 15 is 0 Å². The Hall–Kier alpha value is -3.40. The molecule has 0 rings (SSSR count). The van der Waals surface area contributed by atoms with E-state index in [0.717, 1.165) is 0 Å². The van der Waals surface area contributed by atoms with Crippen molar-refractivity contribution >= 4 is 53.3 Å². The summed E-state index contributed by atoms with van der Waals surface area (Å²) in [6, 6.07) is -5.83. The second kappa shape index (κ2) is 16.3. The van der Waals surface area contributed by atoms with Crippen molar-refractivity contribution in [1.29, 1.82) is 0 Å². The van der Waals surface area contributed by atoms with Gasteiger partial charge in [0, 0.05) is 12.8 Å². The summed E-state index contributed by atoms with van der Waals surface area (Å²) >= 11 is 1.43. The summed E-state index contributed by atoms with van der Waals surface area (Å²) in [6.07, 6.45) is -0.575. The van der Waals surface area contributed by atoms with Gasteiger partial charge in [0.15, 0.2) is 0 Å². The van der Waals surface area contributed by atoms with Crippen molar-refractivity contribution in [3.8, 4) is 0 Å². The van der Waals surface area contributed by atoms with Crippen molar-refractivity contribution in [3.05, 3.63) is 0 Å². The number of carboxylic acid groups (broad SMARTS) is 3. The van der Waals surface area contributed by atoms with Gasteiger partial charge in [-0.2, -0.15) is 11.8 Å². The third-order valence-corrected chi connectivity index (χ3v) is 5.20. The fourth-order valence-electron chi connectivity index (χ4n) is 2.66. The molecule has 198 valence electrons. The molecule has 0 aliphatic heterocycles. The highest BCUT2D eigenvalue weighted by atomic mass is 32.2. The summed E-state index contributed by atoms with van der Waals surface area (Å²) < 4.78 is 0. The molecule has 4 unspecified atom stereocenters. The maximum Gasteiger partial charge on any atom is 0.326 e. The van der Waals surface area contributed by atoms with Gasteiger partial charge in [-0.25, -0.2) is 4.79 Å². The first-order chi connectivity index (χ1) is 16.3. The van der Waals surface area contributed by atoms with Crippen molar-refractivity contribution in [2.45, 2.75) is 62.7 Å². The smallest absolute Gasteiger partial charge is 0.326 e. The molecule has 35 heavy (non-hydrogen) atoms. The predicted molar refractivity (Wildman–Crippen MR) is 122 cm³/mol. The summed E-state index contributed by atoms with van der Waals surface area (Å²) in [7, 11) is 0. The standard InChI is InChI=1S/C19H31N5O10S/c1-35-7-6-9(20)16(30)22-10(3-5-14(26)27)17(31)24-12(8-15(28)29)18(32)23-11(19(33)34)2-4-13(21)25/h9-12H,2-8,20H2,1H3,(H2,21,25)(H,22,30)(H,23,32)(H,24,31)(H,26,27)(H,28,29)(H,33,34). The van der Waals surface area contributed by atoms with E-state index in [9.17, 15) is 38.7 Å². The normalized spacial score (nSPS) is 14.0. The quantitative estimate of drug-likeness (QED) is 0.0909. The van der Waals surface area contributed by atoms with E-state index < -0.39 is 78.5 Å². The fourth-order valence-corrected chi connectivity index (χ4v) is 3.15. The van der Waals surface area contributed by atoms with Crippen LogP contribution in [0.2, 0.25) is 0 Å². The molecule has 0 fully saturated rings. The van der Waals surface area contributed by atoms with E-state index in [1.54, 1.807) is 6.26 Å². The Morgan fingerprint density at radius 3 is 1.74 bits per heavy atom. The summed E-state index contributed by atoms with van der Waals surface area (Å²) in [6.45, 7) is 0. The molecule has 10 N–H and O–H groups in total. The van der Waals surface area contributed by atoms with Gasteiger partial charge in [0.25, 0.3) is 0 Å². The number of carbonyl (C=O) groups excluding carboxylic acids is 4. The van der Waals surface area contributed by atoms with Crippen LogP contribution in [0.15, 0.2) is 0 Å². The van der Waals surface area contributed by atoms with E-state index in [1.807, 2.05) is 5.32 Å². The summed E-state index contributed by atoms with van der Waals surface area (Å²) in [5.74, 6) is -7.59.